The van der Waals surface area contributed by atoms with Gasteiger partial charge in [-0.3, -0.25) is 4.98 Å². The third-order valence-electron chi connectivity index (χ3n) is 2.84. The molecule has 3 heteroatoms. The van der Waals surface area contributed by atoms with Crippen LogP contribution in [0.1, 0.15) is 25.5 Å². The van der Waals surface area contributed by atoms with Gasteiger partial charge in [0.15, 0.2) is 0 Å². The molecule has 0 spiro atoms. The van der Waals surface area contributed by atoms with Crippen LogP contribution >= 0.6 is 0 Å². The van der Waals surface area contributed by atoms with Crippen molar-refractivity contribution in [3.8, 4) is 0 Å². The Balaban J connectivity index is 3.04. The number of nitrogens with zero attached hydrogens (tertiary/aromatic N) is 2. The second-order valence-corrected chi connectivity index (χ2v) is 4.62. The summed E-state index contributed by atoms with van der Waals surface area (Å²) in [7, 11) is 6.18. The van der Waals surface area contributed by atoms with E-state index < -0.39 is 0 Å². The molecule has 0 saturated carbocycles. The van der Waals surface area contributed by atoms with Gasteiger partial charge in [0.25, 0.3) is 0 Å². The van der Waals surface area contributed by atoms with Crippen molar-refractivity contribution >= 4 is 0 Å². The van der Waals surface area contributed by atoms with Crippen molar-refractivity contribution in [1.82, 2.24) is 15.2 Å². The fraction of sp³-hybridized carbons (Fsp3) is 0.583. The lowest BCUT2D eigenvalue weighted by Crippen LogP contribution is -2.48. The zero-order valence-electron chi connectivity index (χ0n) is 10.3. The summed E-state index contributed by atoms with van der Waals surface area (Å²) < 4.78 is 0. The van der Waals surface area contributed by atoms with E-state index in [4.69, 9.17) is 0 Å². The number of hydrogen-bond acceptors (Lipinski definition) is 3. The monoisotopic (exact) mass is 207 g/mol. The number of nitrogens with one attached hydrogen (secondary N) is 1. The molecule has 1 aromatic heterocycles. The van der Waals surface area contributed by atoms with Gasteiger partial charge in [-0.05, 0) is 46.6 Å². The molecule has 1 aromatic rings. The highest BCUT2D eigenvalue weighted by atomic mass is 15.2. The van der Waals surface area contributed by atoms with E-state index in [2.05, 4.69) is 49.2 Å². The van der Waals surface area contributed by atoms with Crippen LogP contribution in [0, 0.1) is 0 Å². The van der Waals surface area contributed by atoms with Gasteiger partial charge in [-0.1, -0.05) is 6.07 Å². The summed E-state index contributed by atoms with van der Waals surface area (Å²) in [5, 5.41) is 3.35. The van der Waals surface area contributed by atoms with E-state index in [1.165, 1.54) is 5.56 Å². The maximum atomic E-state index is 4.18. The fourth-order valence-electron chi connectivity index (χ4n) is 2.03. The fourth-order valence-corrected chi connectivity index (χ4v) is 2.03. The lowest BCUT2D eigenvalue weighted by Gasteiger charge is -2.38. The predicted octanol–water partition coefficient (Wildman–Crippen LogP) is 1.68. The minimum atomic E-state index is 0.0204. The first-order chi connectivity index (χ1) is 6.99. The van der Waals surface area contributed by atoms with Crippen LogP contribution in [0.15, 0.2) is 24.5 Å². The van der Waals surface area contributed by atoms with E-state index >= 15 is 0 Å². The van der Waals surface area contributed by atoms with Crippen LogP contribution in [0.25, 0.3) is 0 Å². The summed E-state index contributed by atoms with van der Waals surface area (Å²) in [4.78, 5) is 6.40. The van der Waals surface area contributed by atoms with E-state index in [0.717, 1.165) is 0 Å². The molecule has 0 aliphatic rings. The SMILES string of the molecule is CNC(C)(C)C(c1cccnc1)N(C)C. The van der Waals surface area contributed by atoms with Gasteiger partial charge in [0.05, 0.1) is 6.04 Å². The van der Waals surface area contributed by atoms with Crippen molar-refractivity contribution in [2.24, 2.45) is 0 Å². The normalized spacial score (nSPS) is 14.3. The summed E-state index contributed by atoms with van der Waals surface area (Å²) >= 11 is 0. The maximum Gasteiger partial charge on any atom is 0.0534 e. The summed E-state index contributed by atoms with van der Waals surface area (Å²) in [6, 6.07) is 4.42. The zero-order valence-corrected chi connectivity index (χ0v) is 10.3. The number of rotatable bonds is 4. The van der Waals surface area contributed by atoms with Crippen molar-refractivity contribution in [2.45, 2.75) is 25.4 Å². The van der Waals surface area contributed by atoms with Gasteiger partial charge in [-0.25, -0.2) is 0 Å². The van der Waals surface area contributed by atoms with Gasteiger partial charge in [-0.2, -0.15) is 0 Å². The van der Waals surface area contributed by atoms with Crippen LogP contribution < -0.4 is 5.32 Å². The molecule has 0 radical (unpaired) electrons. The van der Waals surface area contributed by atoms with E-state index in [1.54, 1.807) is 0 Å². The first kappa shape index (κ1) is 12.1. The average molecular weight is 207 g/mol. The van der Waals surface area contributed by atoms with Gasteiger partial charge in [-0.15, -0.1) is 0 Å². The second-order valence-electron chi connectivity index (χ2n) is 4.62. The Labute approximate surface area is 92.5 Å². The highest BCUT2D eigenvalue weighted by Crippen LogP contribution is 2.28. The van der Waals surface area contributed by atoms with Gasteiger partial charge < -0.3 is 10.2 Å². The molecule has 0 saturated heterocycles. The van der Waals surface area contributed by atoms with Gasteiger partial charge in [0, 0.05) is 17.9 Å². The molecule has 1 atom stereocenters. The zero-order chi connectivity index (χ0) is 11.5. The van der Waals surface area contributed by atoms with E-state index in [1.807, 2.05) is 25.5 Å². The summed E-state index contributed by atoms with van der Waals surface area (Å²) in [6.07, 6.45) is 3.74. The van der Waals surface area contributed by atoms with Crippen LogP contribution in [0.3, 0.4) is 0 Å². The van der Waals surface area contributed by atoms with Crippen molar-refractivity contribution in [3.05, 3.63) is 30.1 Å². The number of likely N-dealkylation sites (N-methyl/N-ethyl adjacent to an activating group) is 2. The molecule has 0 amide bonds. The highest BCUT2D eigenvalue weighted by Gasteiger charge is 2.30. The Bertz CT molecular complexity index is 293. The molecule has 1 unspecified atom stereocenters. The van der Waals surface area contributed by atoms with Crippen LogP contribution in [0.4, 0.5) is 0 Å². The lowest BCUT2D eigenvalue weighted by molar-refractivity contribution is 0.177. The van der Waals surface area contributed by atoms with Gasteiger partial charge in [0.1, 0.15) is 0 Å². The summed E-state index contributed by atoms with van der Waals surface area (Å²) in [5.41, 5.74) is 1.26. The largest absolute Gasteiger partial charge is 0.313 e. The van der Waals surface area contributed by atoms with Crippen molar-refractivity contribution in [2.75, 3.05) is 21.1 Å². The van der Waals surface area contributed by atoms with E-state index in [0.29, 0.717) is 6.04 Å². The third kappa shape index (κ3) is 2.76. The van der Waals surface area contributed by atoms with Crippen LogP contribution in [0.5, 0.6) is 0 Å². The molecule has 0 bridgehead atoms. The van der Waals surface area contributed by atoms with E-state index in [-0.39, 0.29) is 5.54 Å². The molecule has 15 heavy (non-hydrogen) atoms. The number of aromatic nitrogens is 1. The minimum Gasteiger partial charge on any atom is -0.313 e. The molecule has 1 heterocycles. The molecular weight excluding hydrogens is 186 g/mol. The topological polar surface area (TPSA) is 28.2 Å². The van der Waals surface area contributed by atoms with Crippen molar-refractivity contribution in [3.63, 3.8) is 0 Å². The quantitative estimate of drug-likeness (QED) is 0.814. The summed E-state index contributed by atoms with van der Waals surface area (Å²) in [6.45, 7) is 4.40. The van der Waals surface area contributed by atoms with Crippen molar-refractivity contribution in [1.29, 1.82) is 0 Å². The molecule has 0 aromatic carbocycles. The number of pyridine rings is 1. The first-order valence-electron chi connectivity index (χ1n) is 5.24. The Morgan fingerprint density at radius 3 is 2.47 bits per heavy atom. The van der Waals surface area contributed by atoms with Crippen LogP contribution in [0.2, 0.25) is 0 Å². The second kappa shape index (κ2) is 4.73. The molecule has 0 fully saturated rings. The minimum absolute atomic E-state index is 0.0204. The standard InChI is InChI=1S/C12H21N3/c1-12(2,13-3)11(15(4)5)10-7-6-8-14-9-10/h6-9,11,13H,1-5H3. The van der Waals surface area contributed by atoms with Gasteiger partial charge >= 0.3 is 0 Å². The Morgan fingerprint density at radius 2 is 2.07 bits per heavy atom. The summed E-state index contributed by atoms with van der Waals surface area (Å²) in [5.74, 6) is 0. The lowest BCUT2D eigenvalue weighted by atomic mass is 9.89. The highest BCUT2D eigenvalue weighted by molar-refractivity contribution is 5.18. The number of hydrogen-bond donors (Lipinski definition) is 1. The molecule has 1 rings (SSSR count). The van der Waals surface area contributed by atoms with Crippen molar-refractivity contribution < 1.29 is 0 Å². The third-order valence-corrected chi connectivity index (χ3v) is 2.84. The Hall–Kier alpha value is -0.930. The molecule has 0 aliphatic carbocycles. The van der Waals surface area contributed by atoms with Gasteiger partial charge in [0.2, 0.25) is 0 Å². The Morgan fingerprint density at radius 1 is 1.40 bits per heavy atom. The molecule has 3 nitrogen and oxygen atoms in total. The van der Waals surface area contributed by atoms with Crippen LogP contribution in [-0.4, -0.2) is 36.6 Å². The maximum absolute atomic E-state index is 4.18. The molecule has 1 N–H and O–H groups in total. The average Bonchev–Trinajstić information content (AvgIpc) is 2.18. The van der Waals surface area contributed by atoms with Crippen LogP contribution in [-0.2, 0) is 0 Å². The smallest absolute Gasteiger partial charge is 0.0534 e. The Kier molecular flexibility index (Phi) is 3.83. The molecule has 84 valence electrons. The molecular formula is C12H21N3. The molecule has 0 aliphatic heterocycles. The predicted molar refractivity (Wildman–Crippen MR) is 63.8 cm³/mol. The first-order valence-corrected chi connectivity index (χ1v) is 5.24. The van der Waals surface area contributed by atoms with E-state index in [9.17, 15) is 0 Å².